The Balaban J connectivity index is 0.000000316. The van der Waals surface area contributed by atoms with Crippen LogP contribution in [0.5, 0.6) is 11.5 Å². The lowest BCUT2D eigenvalue weighted by molar-refractivity contribution is 0.483. The van der Waals surface area contributed by atoms with Gasteiger partial charge in [-0.1, -0.05) is 68.4 Å². The molecule has 9 N–H and O–H groups in total. The van der Waals surface area contributed by atoms with Gasteiger partial charge in [0.15, 0.2) is 0 Å². The Hall–Kier alpha value is -7.76. The molecular formula is C42H50N12O12S4. The van der Waals surface area contributed by atoms with Crippen LogP contribution < -0.4 is 40.5 Å². The molecule has 0 fully saturated rings. The Bertz CT molecular complexity index is 3240. The summed E-state index contributed by atoms with van der Waals surface area (Å²) in [7, 11) is -14.4. The van der Waals surface area contributed by atoms with Crippen molar-refractivity contribution in [2.45, 2.75) is 53.6 Å². The van der Waals surface area contributed by atoms with Crippen LogP contribution in [0, 0.1) is 27.7 Å². The van der Waals surface area contributed by atoms with E-state index in [1.807, 2.05) is 112 Å². The number of anilines is 3. The fraction of sp³-hybridized carbons (Fsp3) is 0.190. The zero-order valence-electron chi connectivity index (χ0n) is 38.3. The monoisotopic (exact) mass is 1040 g/mol. The van der Waals surface area contributed by atoms with Crippen molar-refractivity contribution in [3.05, 3.63) is 173 Å². The molecule has 0 spiro atoms. The third kappa shape index (κ3) is 18.0. The van der Waals surface area contributed by atoms with Crippen molar-refractivity contribution in [3.63, 3.8) is 0 Å². The Labute approximate surface area is 407 Å². The van der Waals surface area contributed by atoms with Crippen LogP contribution in [0.1, 0.15) is 70.4 Å². The summed E-state index contributed by atoms with van der Waals surface area (Å²) in [4.78, 5) is 11.2. The van der Waals surface area contributed by atoms with Gasteiger partial charge < -0.3 is 19.8 Å². The number of nitrogens with zero attached hydrogens (tertiary/aromatic N) is 7. The van der Waals surface area contributed by atoms with Crippen LogP contribution in [0.4, 0.5) is 17.1 Å². The first-order chi connectivity index (χ1) is 32.9. The highest BCUT2D eigenvalue weighted by Gasteiger charge is 2.27. The van der Waals surface area contributed by atoms with Gasteiger partial charge in [-0.25, -0.2) is 9.97 Å². The number of nitrogen functional groups attached to an aromatic ring is 2. The summed E-state index contributed by atoms with van der Waals surface area (Å²) in [5.41, 5.74) is 24.3. The second-order valence-corrected chi connectivity index (χ2v) is 17.3. The minimum Gasteiger partial charge on any atom is -0.399 e. The summed E-state index contributed by atoms with van der Waals surface area (Å²) in [6, 6.07) is 31.1. The number of rotatable bonds is 13. The summed E-state index contributed by atoms with van der Waals surface area (Å²) >= 11 is 0. The van der Waals surface area contributed by atoms with E-state index in [4.69, 9.17) is 55.4 Å². The summed E-state index contributed by atoms with van der Waals surface area (Å²) < 4.78 is 106. The Kier molecular flexibility index (Phi) is 21.1. The van der Waals surface area contributed by atoms with Crippen LogP contribution in [0.15, 0.2) is 128 Å². The average molecular weight is 1040 g/mol. The van der Waals surface area contributed by atoms with Gasteiger partial charge in [0.1, 0.15) is 42.9 Å². The molecule has 374 valence electrons. The van der Waals surface area contributed by atoms with Gasteiger partial charge in [-0.3, -0.25) is 10.4 Å². The maximum atomic E-state index is 11.4. The molecule has 0 saturated carbocycles. The van der Waals surface area contributed by atoms with Crippen molar-refractivity contribution in [3.8, 4) is 11.5 Å². The van der Waals surface area contributed by atoms with E-state index in [1.165, 1.54) is 17.4 Å². The fourth-order valence-electron chi connectivity index (χ4n) is 6.38. The Morgan fingerprint density at radius 2 is 0.971 bits per heavy atom. The molecule has 7 rings (SSSR count). The van der Waals surface area contributed by atoms with E-state index >= 15 is 0 Å². The SMILES string of the molecule is CC.Cc1cc(C(Nn2cncn2)c2ccc(OS(N)(=O)=O)c(C)c2)ccc1N.Cc1cc(C(c2ccc(OS(N)(=O)=O)c(C)c2)N(c2ccccc2)n2cncn2)ccc1N.O=S(=O)=O.O=S(=O)=O. The summed E-state index contributed by atoms with van der Waals surface area (Å²) in [6.45, 7) is 11.4. The normalized spacial score (nSPS) is 11.4. The second-order valence-electron chi connectivity index (χ2n) is 14.1. The minimum absolute atomic E-state index is 0.167. The first-order valence-electron chi connectivity index (χ1n) is 20.1. The standard InChI is InChI=1S/C23H24N6O3S.C17H20N6O3S.C2H6.2O3S/c1-16-12-18(8-10-21(16)24)23(19-9-11-22(17(2)13-19)32-33(25,30)31)29(28-15-26-14-27-28)20-6-4-3-5-7-20;1-11-7-13(3-5-15(11)18)17(22-23-10-20-9-21-23)14-4-6-16(12(2)8-14)26-27(19,24)25;1-2;2*1-4(2)3/h3-15,23H,24H2,1-2H3,(H2,25,30,31);3-10,17,22H,18H2,1-2H3,(H2,19,24,25);1-2H3;;. The Morgan fingerprint density at radius 1 is 0.571 bits per heavy atom. The van der Waals surface area contributed by atoms with Crippen molar-refractivity contribution in [1.82, 2.24) is 29.7 Å². The number of hydrogen-bond acceptors (Lipinski definition) is 20. The molecule has 24 nitrogen and oxygen atoms in total. The molecule has 0 aliphatic carbocycles. The van der Waals surface area contributed by atoms with Crippen LogP contribution in [0.25, 0.3) is 0 Å². The molecule has 0 radical (unpaired) electrons. The molecule has 2 heterocycles. The van der Waals surface area contributed by atoms with Crippen LogP contribution in [0.2, 0.25) is 0 Å². The fourth-order valence-corrected chi connectivity index (χ4v) is 7.26. The van der Waals surface area contributed by atoms with Crippen molar-refractivity contribution >= 4 is 58.9 Å². The van der Waals surface area contributed by atoms with E-state index in [2.05, 4.69) is 25.6 Å². The van der Waals surface area contributed by atoms with E-state index in [0.717, 1.165) is 39.1 Å². The molecule has 2 unspecified atom stereocenters. The average Bonchev–Trinajstić information content (AvgIpc) is 4.01. The summed E-state index contributed by atoms with van der Waals surface area (Å²) in [5, 5.41) is 20.5. The molecule has 0 amide bonds. The first kappa shape index (κ1) is 56.6. The lowest BCUT2D eigenvalue weighted by Gasteiger charge is -2.34. The van der Waals surface area contributed by atoms with Gasteiger partial charge in [0.25, 0.3) is 0 Å². The smallest absolute Gasteiger partial charge is 0.399 e. The molecule has 0 aliphatic heterocycles. The van der Waals surface area contributed by atoms with Crippen LogP contribution in [-0.2, 0) is 41.8 Å². The van der Waals surface area contributed by atoms with E-state index in [0.29, 0.717) is 22.5 Å². The maximum Gasteiger partial charge on any atom is 0.425 e. The number of nitrogens with one attached hydrogen (secondary N) is 1. The molecule has 0 aliphatic rings. The third-order valence-electron chi connectivity index (χ3n) is 9.27. The predicted molar refractivity (Wildman–Crippen MR) is 259 cm³/mol. The highest BCUT2D eigenvalue weighted by molar-refractivity contribution is 7.85. The largest absolute Gasteiger partial charge is 0.425 e. The molecule has 5 aromatic carbocycles. The molecule has 28 heteroatoms. The van der Waals surface area contributed by atoms with Crippen LogP contribution in [-0.4, -0.2) is 71.8 Å². The number of hydrogen-bond donors (Lipinski definition) is 5. The Morgan fingerprint density at radius 3 is 1.39 bits per heavy atom. The van der Waals surface area contributed by atoms with Gasteiger partial charge in [0.2, 0.25) is 0 Å². The third-order valence-corrected chi connectivity index (χ3v) is 10.1. The zero-order chi connectivity index (χ0) is 52.3. The van der Waals surface area contributed by atoms with Crippen molar-refractivity contribution in [2.75, 3.05) is 21.9 Å². The van der Waals surface area contributed by atoms with Crippen LogP contribution >= 0.6 is 0 Å². The number of benzene rings is 5. The molecule has 0 saturated heterocycles. The van der Waals surface area contributed by atoms with Gasteiger partial charge in [-0.05, 0) is 121 Å². The molecule has 2 aromatic heterocycles. The molecule has 0 bridgehead atoms. The van der Waals surface area contributed by atoms with Crippen molar-refractivity contribution in [1.29, 1.82) is 0 Å². The van der Waals surface area contributed by atoms with Crippen LogP contribution in [0.3, 0.4) is 0 Å². The first-order valence-corrected chi connectivity index (χ1v) is 25.1. The van der Waals surface area contributed by atoms with Gasteiger partial charge in [-0.2, -0.15) is 36.7 Å². The minimum atomic E-state index is -4.14. The second kappa shape index (κ2) is 26.1. The highest BCUT2D eigenvalue weighted by Crippen LogP contribution is 2.36. The summed E-state index contributed by atoms with van der Waals surface area (Å²) in [6.07, 6.45) is 6.06. The van der Waals surface area contributed by atoms with E-state index in [-0.39, 0.29) is 23.6 Å². The van der Waals surface area contributed by atoms with E-state index in [1.54, 1.807) is 55.6 Å². The number of para-hydroxylation sites is 1. The van der Waals surface area contributed by atoms with Gasteiger partial charge in [0.05, 0.1) is 11.7 Å². The quantitative estimate of drug-likeness (QED) is 0.103. The molecule has 7 aromatic rings. The van der Waals surface area contributed by atoms with Crippen molar-refractivity contribution in [2.24, 2.45) is 10.3 Å². The molecular weight excluding hydrogens is 993 g/mol. The number of nitrogens with two attached hydrogens (primary N) is 4. The highest BCUT2D eigenvalue weighted by atomic mass is 32.2. The number of aromatic nitrogens is 6. The van der Waals surface area contributed by atoms with Gasteiger partial charge in [-0.15, -0.1) is 35.5 Å². The number of aryl methyl sites for hydroxylation is 4. The predicted octanol–water partition coefficient (Wildman–Crippen LogP) is 3.53. The van der Waals surface area contributed by atoms with E-state index < -0.39 is 41.8 Å². The zero-order valence-corrected chi connectivity index (χ0v) is 41.5. The van der Waals surface area contributed by atoms with Gasteiger partial charge in [0, 0.05) is 11.4 Å². The topological polar surface area (TPSA) is 370 Å². The molecule has 2 atom stereocenters. The van der Waals surface area contributed by atoms with Gasteiger partial charge >= 0.3 is 41.8 Å². The lowest BCUT2D eigenvalue weighted by atomic mass is 9.94. The van der Waals surface area contributed by atoms with E-state index in [9.17, 15) is 16.8 Å². The molecule has 70 heavy (non-hydrogen) atoms. The summed E-state index contributed by atoms with van der Waals surface area (Å²) in [5.74, 6) is 0.342. The maximum absolute atomic E-state index is 11.4. The lowest BCUT2D eigenvalue weighted by Crippen LogP contribution is -2.35. The van der Waals surface area contributed by atoms with Crippen molar-refractivity contribution < 1.29 is 50.5 Å².